The Morgan fingerprint density at radius 3 is 2.42 bits per heavy atom. The van der Waals surface area contributed by atoms with Gasteiger partial charge in [-0.1, -0.05) is 18.2 Å². The van der Waals surface area contributed by atoms with Crippen LogP contribution in [-0.4, -0.2) is 42.5 Å². The Bertz CT molecular complexity index is 924. The first-order chi connectivity index (χ1) is 14.6. The second-order valence-corrected chi connectivity index (χ2v) is 8.21. The molecule has 0 saturated carbocycles. The van der Waals surface area contributed by atoms with Crippen LogP contribution >= 0.6 is 0 Å². The van der Waals surface area contributed by atoms with E-state index in [4.69, 9.17) is 9.47 Å². The number of carbonyl (C=O) groups excluding carboxylic acids is 2. The van der Waals surface area contributed by atoms with Gasteiger partial charge in [0.05, 0.1) is 7.11 Å². The van der Waals surface area contributed by atoms with Gasteiger partial charge in [0, 0.05) is 12.6 Å². The molecule has 0 aromatic heterocycles. The molecule has 0 radical (unpaired) electrons. The number of rotatable bonds is 9. The van der Waals surface area contributed by atoms with Crippen LogP contribution in [0.15, 0.2) is 36.4 Å². The Labute approximate surface area is 185 Å². The van der Waals surface area contributed by atoms with Crippen LogP contribution in [0.5, 0.6) is 11.5 Å². The molecular formula is C25H34N2O4. The van der Waals surface area contributed by atoms with E-state index in [9.17, 15) is 9.59 Å². The van der Waals surface area contributed by atoms with Crippen molar-refractivity contribution in [2.24, 2.45) is 0 Å². The van der Waals surface area contributed by atoms with Gasteiger partial charge < -0.3 is 19.7 Å². The number of hydrogen-bond acceptors (Lipinski definition) is 4. The Morgan fingerprint density at radius 1 is 1.06 bits per heavy atom. The number of benzene rings is 2. The van der Waals surface area contributed by atoms with E-state index in [1.54, 1.807) is 18.9 Å². The van der Waals surface area contributed by atoms with Crippen molar-refractivity contribution < 1.29 is 19.1 Å². The lowest BCUT2D eigenvalue weighted by Gasteiger charge is -2.29. The van der Waals surface area contributed by atoms with E-state index in [1.807, 2.05) is 65.0 Å². The van der Waals surface area contributed by atoms with E-state index >= 15 is 0 Å². The minimum Gasteiger partial charge on any atom is -0.497 e. The summed E-state index contributed by atoms with van der Waals surface area (Å²) in [5.74, 6) is 0.930. The van der Waals surface area contributed by atoms with E-state index in [2.05, 4.69) is 11.4 Å². The number of nitrogens with zero attached hydrogens (tertiary/aromatic N) is 1. The number of methoxy groups -OCH3 is 1. The fourth-order valence-corrected chi connectivity index (χ4v) is 3.33. The minimum absolute atomic E-state index is 0.0158. The zero-order valence-corrected chi connectivity index (χ0v) is 19.6. The highest BCUT2D eigenvalue weighted by Gasteiger charge is 2.27. The van der Waals surface area contributed by atoms with Crippen molar-refractivity contribution in [3.8, 4) is 11.5 Å². The molecular weight excluding hydrogens is 392 g/mol. The number of ether oxygens (including phenoxy) is 2. The lowest BCUT2D eigenvalue weighted by molar-refractivity contribution is -0.142. The second-order valence-electron chi connectivity index (χ2n) is 8.21. The quantitative estimate of drug-likeness (QED) is 0.659. The summed E-state index contributed by atoms with van der Waals surface area (Å²) in [6.45, 7) is 11.6. The maximum Gasteiger partial charge on any atom is 0.261 e. The van der Waals surface area contributed by atoms with E-state index in [0.29, 0.717) is 11.5 Å². The summed E-state index contributed by atoms with van der Waals surface area (Å²) >= 11 is 0. The van der Waals surface area contributed by atoms with Crippen molar-refractivity contribution in [1.29, 1.82) is 0 Å². The lowest BCUT2D eigenvalue weighted by Crippen LogP contribution is -2.50. The SMILES string of the molecule is COc1cccc(CN(C(=O)COc2cc(C)cc(C)c2C)C(C)C(=O)NC(C)C)c1. The van der Waals surface area contributed by atoms with Crippen molar-refractivity contribution in [3.63, 3.8) is 0 Å². The molecule has 2 rings (SSSR count). The van der Waals surface area contributed by atoms with Gasteiger partial charge in [0.1, 0.15) is 17.5 Å². The Morgan fingerprint density at radius 2 is 1.77 bits per heavy atom. The van der Waals surface area contributed by atoms with E-state index < -0.39 is 6.04 Å². The molecule has 0 fully saturated rings. The van der Waals surface area contributed by atoms with E-state index in [1.165, 1.54) is 0 Å². The summed E-state index contributed by atoms with van der Waals surface area (Å²) in [4.78, 5) is 27.4. The molecule has 1 N–H and O–H groups in total. The molecule has 1 atom stereocenters. The van der Waals surface area contributed by atoms with E-state index in [-0.39, 0.29) is 31.0 Å². The lowest BCUT2D eigenvalue weighted by atomic mass is 10.1. The summed E-state index contributed by atoms with van der Waals surface area (Å²) in [5, 5.41) is 2.89. The molecule has 6 heteroatoms. The summed E-state index contributed by atoms with van der Waals surface area (Å²) in [5.41, 5.74) is 4.06. The highest BCUT2D eigenvalue weighted by atomic mass is 16.5. The molecule has 0 spiro atoms. The maximum atomic E-state index is 13.2. The Hall–Kier alpha value is -3.02. The summed E-state index contributed by atoms with van der Waals surface area (Å²) in [6.07, 6.45) is 0. The van der Waals surface area contributed by atoms with Crippen LogP contribution in [0.3, 0.4) is 0 Å². The third-order valence-corrected chi connectivity index (χ3v) is 5.20. The monoisotopic (exact) mass is 426 g/mol. The zero-order valence-electron chi connectivity index (χ0n) is 19.6. The molecule has 0 bridgehead atoms. The van der Waals surface area contributed by atoms with Gasteiger partial charge >= 0.3 is 0 Å². The van der Waals surface area contributed by atoms with Crippen LogP contribution in [0.1, 0.15) is 43.0 Å². The normalized spacial score (nSPS) is 11.7. The molecule has 0 aliphatic rings. The molecule has 2 aromatic carbocycles. The fourth-order valence-electron chi connectivity index (χ4n) is 3.33. The topological polar surface area (TPSA) is 67.9 Å². The van der Waals surface area contributed by atoms with Crippen LogP contribution in [0, 0.1) is 20.8 Å². The number of hydrogen-bond donors (Lipinski definition) is 1. The molecule has 6 nitrogen and oxygen atoms in total. The second kappa shape index (κ2) is 10.8. The van der Waals surface area contributed by atoms with Gasteiger partial charge in [-0.05, 0) is 82.0 Å². The van der Waals surface area contributed by atoms with Crippen LogP contribution in [0.2, 0.25) is 0 Å². The standard InChI is InChI=1S/C25H34N2O4/c1-16(2)26-25(29)20(6)27(14-21-9-8-10-22(13-21)30-7)24(28)15-31-23-12-17(3)11-18(4)19(23)5/h8-13,16,20H,14-15H2,1-7H3,(H,26,29). The van der Waals surface area contributed by atoms with Gasteiger partial charge in [0.15, 0.2) is 6.61 Å². The van der Waals surface area contributed by atoms with Crippen molar-refractivity contribution >= 4 is 11.8 Å². The zero-order chi connectivity index (χ0) is 23.1. The predicted octanol–water partition coefficient (Wildman–Crippen LogP) is 3.94. The van der Waals surface area contributed by atoms with Gasteiger partial charge in [-0.15, -0.1) is 0 Å². The first kappa shape index (κ1) is 24.3. The maximum absolute atomic E-state index is 13.2. The van der Waals surface area contributed by atoms with Crippen molar-refractivity contribution in [3.05, 3.63) is 58.7 Å². The van der Waals surface area contributed by atoms with Crippen molar-refractivity contribution in [1.82, 2.24) is 10.2 Å². The number of aryl methyl sites for hydroxylation is 2. The number of carbonyl (C=O) groups is 2. The molecule has 0 saturated heterocycles. The smallest absolute Gasteiger partial charge is 0.261 e. The molecule has 0 aliphatic carbocycles. The fraction of sp³-hybridized carbons (Fsp3) is 0.440. The van der Waals surface area contributed by atoms with Gasteiger partial charge in [0.2, 0.25) is 5.91 Å². The van der Waals surface area contributed by atoms with Crippen LogP contribution < -0.4 is 14.8 Å². The first-order valence-electron chi connectivity index (χ1n) is 10.6. The molecule has 1 unspecified atom stereocenters. The average molecular weight is 427 g/mol. The summed E-state index contributed by atoms with van der Waals surface area (Å²) in [6, 6.07) is 10.8. The van der Waals surface area contributed by atoms with Gasteiger partial charge in [0.25, 0.3) is 5.91 Å². The molecule has 168 valence electrons. The molecule has 31 heavy (non-hydrogen) atoms. The van der Waals surface area contributed by atoms with Gasteiger partial charge in [-0.25, -0.2) is 0 Å². The first-order valence-corrected chi connectivity index (χ1v) is 10.6. The van der Waals surface area contributed by atoms with Gasteiger partial charge in [-0.2, -0.15) is 0 Å². The third kappa shape index (κ3) is 6.74. The van der Waals surface area contributed by atoms with Crippen molar-refractivity contribution in [2.75, 3.05) is 13.7 Å². The molecule has 0 aliphatic heterocycles. The van der Waals surface area contributed by atoms with Crippen molar-refractivity contribution in [2.45, 2.75) is 60.2 Å². The average Bonchev–Trinajstić information content (AvgIpc) is 2.72. The summed E-state index contributed by atoms with van der Waals surface area (Å²) in [7, 11) is 1.60. The highest BCUT2D eigenvalue weighted by molar-refractivity contribution is 5.88. The minimum atomic E-state index is -0.648. The van der Waals surface area contributed by atoms with Crippen LogP contribution in [0.4, 0.5) is 0 Å². The van der Waals surface area contributed by atoms with E-state index in [0.717, 1.165) is 22.3 Å². The highest BCUT2D eigenvalue weighted by Crippen LogP contribution is 2.23. The Balaban J connectivity index is 2.23. The largest absolute Gasteiger partial charge is 0.497 e. The van der Waals surface area contributed by atoms with Crippen LogP contribution in [0.25, 0.3) is 0 Å². The Kier molecular flexibility index (Phi) is 8.48. The third-order valence-electron chi connectivity index (χ3n) is 5.20. The van der Waals surface area contributed by atoms with Crippen LogP contribution in [-0.2, 0) is 16.1 Å². The predicted molar refractivity (Wildman–Crippen MR) is 122 cm³/mol. The molecule has 2 aromatic rings. The summed E-state index contributed by atoms with van der Waals surface area (Å²) < 4.78 is 11.2. The molecule has 0 heterocycles. The molecule has 2 amide bonds. The number of amides is 2. The number of nitrogens with one attached hydrogen (secondary N) is 1. The van der Waals surface area contributed by atoms with Gasteiger partial charge in [-0.3, -0.25) is 9.59 Å².